The number of nitrogens with one attached hydrogen (secondary N) is 1. The Bertz CT molecular complexity index is 250. The van der Waals surface area contributed by atoms with Crippen molar-refractivity contribution >= 4 is 17.5 Å². The first-order valence-corrected chi connectivity index (χ1v) is 7.55. The van der Waals surface area contributed by atoms with Crippen LogP contribution in [0.1, 0.15) is 52.4 Å². The molecule has 0 bridgehead atoms. The lowest BCUT2D eigenvalue weighted by molar-refractivity contribution is -0.128. The van der Waals surface area contributed by atoms with Crippen LogP contribution >= 0.6 is 11.6 Å². The fraction of sp³-hybridized carbons (Fsp3) is 0.929. The second-order valence-corrected chi connectivity index (χ2v) is 6.03. The minimum atomic E-state index is -0.480. The molecule has 0 heterocycles. The molecule has 0 aliphatic heterocycles. The molecular weight excluding hydrogens is 250 g/mol. The van der Waals surface area contributed by atoms with E-state index in [-0.39, 0.29) is 5.91 Å². The van der Waals surface area contributed by atoms with E-state index in [9.17, 15) is 4.79 Å². The van der Waals surface area contributed by atoms with Crippen molar-refractivity contribution in [3.8, 4) is 0 Å². The molecule has 1 aliphatic rings. The molecule has 0 radical (unpaired) electrons. The summed E-state index contributed by atoms with van der Waals surface area (Å²) in [6.45, 7) is 5.12. The molecule has 4 heteroatoms. The van der Waals surface area contributed by atoms with Crippen LogP contribution in [0.25, 0.3) is 0 Å². The van der Waals surface area contributed by atoms with Crippen LogP contribution in [0.15, 0.2) is 0 Å². The summed E-state index contributed by atoms with van der Waals surface area (Å²) >= 11 is 5.74. The van der Waals surface area contributed by atoms with Crippen molar-refractivity contribution in [2.24, 2.45) is 5.41 Å². The van der Waals surface area contributed by atoms with Crippen molar-refractivity contribution in [1.29, 1.82) is 0 Å². The lowest BCUT2D eigenvalue weighted by Crippen LogP contribution is -2.38. The molecule has 0 aromatic heterocycles. The lowest BCUT2D eigenvalue weighted by Gasteiger charge is -2.22. The standard InChI is InChI=1S/C14H26ClNO2/c1-14(2,11-15)13(17)16-9-6-10-18-12-7-4-3-5-8-12/h12H,3-11H2,1-2H3,(H,16,17). The molecule has 0 atom stereocenters. The summed E-state index contributed by atoms with van der Waals surface area (Å²) in [5, 5.41) is 2.91. The summed E-state index contributed by atoms with van der Waals surface area (Å²) < 4.78 is 5.80. The van der Waals surface area contributed by atoms with E-state index >= 15 is 0 Å². The maximum Gasteiger partial charge on any atom is 0.226 e. The van der Waals surface area contributed by atoms with Gasteiger partial charge in [0.05, 0.1) is 11.5 Å². The van der Waals surface area contributed by atoms with E-state index in [0.29, 0.717) is 18.5 Å². The van der Waals surface area contributed by atoms with E-state index < -0.39 is 5.41 Å². The van der Waals surface area contributed by atoms with E-state index in [1.54, 1.807) is 0 Å². The zero-order valence-electron chi connectivity index (χ0n) is 11.6. The Balaban J connectivity index is 2.03. The third kappa shape index (κ3) is 5.57. The van der Waals surface area contributed by atoms with Gasteiger partial charge >= 0.3 is 0 Å². The average Bonchev–Trinajstić information content (AvgIpc) is 2.39. The fourth-order valence-corrected chi connectivity index (χ4v) is 2.18. The van der Waals surface area contributed by atoms with Gasteiger partial charge in [0.1, 0.15) is 0 Å². The summed E-state index contributed by atoms with van der Waals surface area (Å²) in [4.78, 5) is 11.7. The van der Waals surface area contributed by atoms with Gasteiger partial charge in [-0.1, -0.05) is 19.3 Å². The third-order valence-corrected chi connectivity index (χ3v) is 4.13. The molecule has 0 unspecified atom stereocenters. The molecule has 1 fully saturated rings. The number of carbonyl (C=O) groups is 1. The van der Waals surface area contributed by atoms with Crippen LogP contribution in [0.5, 0.6) is 0 Å². The van der Waals surface area contributed by atoms with Gasteiger partial charge in [-0.05, 0) is 33.1 Å². The normalized spacial score (nSPS) is 17.7. The Kier molecular flexibility index (Phi) is 7.02. The minimum absolute atomic E-state index is 0.0233. The van der Waals surface area contributed by atoms with E-state index in [0.717, 1.165) is 13.0 Å². The van der Waals surface area contributed by atoms with Crippen LogP contribution in [0.4, 0.5) is 0 Å². The summed E-state index contributed by atoms with van der Waals surface area (Å²) in [5.74, 6) is 0.368. The molecule has 106 valence electrons. The molecule has 0 aromatic carbocycles. The van der Waals surface area contributed by atoms with Crippen molar-refractivity contribution in [3.63, 3.8) is 0 Å². The predicted molar refractivity (Wildman–Crippen MR) is 75.0 cm³/mol. The van der Waals surface area contributed by atoms with Crippen LogP contribution in [-0.2, 0) is 9.53 Å². The number of amides is 1. The molecule has 0 spiro atoms. The highest BCUT2D eigenvalue weighted by molar-refractivity contribution is 6.19. The molecule has 0 saturated heterocycles. The molecule has 1 amide bonds. The molecule has 1 saturated carbocycles. The van der Waals surface area contributed by atoms with Gasteiger partial charge in [-0.15, -0.1) is 11.6 Å². The second kappa shape index (κ2) is 8.00. The van der Waals surface area contributed by atoms with E-state index in [1.807, 2.05) is 13.8 Å². The Morgan fingerprint density at radius 3 is 2.61 bits per heavy atom. The molecule has 1 rings (SSSR count). The number of hydrogen-bond donors (Lipinski definition) is 1. The first-order valence-electron chi connectivity index (χ1n) is 7.02. The highest BCUT2D eigenvalue weighted by Gasteiger charge is 2.25. The second-order valence-electron chi connectivity index (χ2n) is 5.76. The first kappa shape index (κ1) is 15.8. The number of alkyl halides is 1. The van der Waals surface area contributed by atoms with Gasteiger partial charge in [-0.3, -0.25) is 4.79 Å². The molecule has 1 N–H and O–H groups in total. The van der Waals surface area contributed by atoms with E-state index in [2.05, 4.69) is 5.32 Å². The first-order chi connectivity index (χ1) is 8.56. The highest BCUT2D eigenvalue weighted by atomic mass is 35.5. The summed E-state index contributed by atoms with van der Waals surface area (Å²) in [7, 11) is 0. The third-order valence-electron chi connectivity index (χ3n) is 3.46. The molecule has 3 nitrogen and oxygen atoms in total. The van der Waals surface area contributed by atoms with Crippen molar-refractivity contribution in [1.82, 2.24) is 5.32 Å². The predicted octanol–water partition coefficient (Wildman–Crippen LogP) is 3.11. The molecular formula is C14H26ClNO2. The number of carbonyl (C=O) groups excluding carboxylic acids is 1. The maximum atomic E-state index is 11.7. The smallest absolute Gasteiger partial charge is 0.226 e. The largest absolute Gasteiger partial charge is 0.378 e. The van der Waals surface area contributed by atoms with E-state index in [4.69, 9.17) is 16.3 Å². The van der Waals surface area contributed by atoms with Crippen molar-refractivity contribution in [2.45, 2.75) is 58.5 Å². The van der Waals surface area contributed by atoms with Gasteiger partial charge in [0.25, 0.3) is 0 Å². The molecule has 1 aliphatic carbocycles. The van der Waals surface area contributed by atoms with Crippen molar-refractivity contribution < 1.29 is 9.53 Å². The Morgan fingerprint density at radius 1 is 1.33 bits per heavy atom. The summed E-state index contributed by atoms with van der Waals surface area (Å²) in [6, 6.07) is 0. The number of rotatable bonds is 7. The summed E-state index contributed by atoms with van der Waals surface area (Å²) in [5.41, 5.74) is -0.480. The van der Waals surface area contributed by atoms with Crippen molar-refractivity contribution in [2.75, 3.05) is 19.0 Å². The average molecular weight is 276 g/mol. The van der Waals surface area contributed by atoms with Crippen LogP contribution in [0, 0.1) is 5.41 Å². The topological polar surface area (TPSA) is 38.3 Å². The van der Waals surface area contributed by atoms with Gasteiger partial charge in [-0.25, -0.2) is 0 Å². The van der Waals surface area contributed by atoms with Crippen LogP contribution in [0.2, 0.25) is 0 Å². The quantitative estimate of drug-likeness (QED) is 0.573. The van der Waals surface area contributed by atoms with Gasteiger partial charge in [0, 0.05) is 19.0 Å². The Hall–Kier alpha value is -0.280. The Labute approximate surface area is 116 Å². The van der Waals surface area contributed by atoms with Gasteiger partial charge in [0.2, 0.25) is 5.91 Å². The van der Waals surface area contributed by atoms with E-state index in [1.165, 1.54) is 32.1 Å². The zero-order chi connectivity index (χ0) is 13.4. The summed E-state index contributed by atoms with van der Waals surface area (Å²) in [6.07, 6.45) is 7.67. The number of hydrogen-bond acceptors (Lipinski definition) is 2. The van der Waals surface area contributed by atoms with Gasteiger partial charge in [0.15, 0.2) is 0 Å². The van der Waals surface area contributed by atoms with Crippen molar-refractivity contribution in [3.05, 3.63) is 0 Å². The van der Waals surface area contributed by atoms with Crippen LogP contribution in [-0.4, -0.2) is 31.0 Å². The number of halogens is 1. The lowest BCUT2D eigenvalue weighted by atomic mass is 9.95. The SMILES string of the molecule is CC(C)(CCl)C(=O)NCCCOC1CCCCC1. The maximum absolute atomic E-state index is 11.7. The van der Waals surface area contributed by atoms with Crippen LogP contribution < -0.4 is 5.32 Å². The molecule has 0 aromatic rings. The van der Waals surface area contributed by atoms with Crippen LogP contribution in [0.3, 0.4) is 0 Å². The van der Waals surface area contributed by atoms with Gasteiger partial charge in [-0.2, -0.15) is 0 Å². The van der Waals surface area contributed by atoms with Gasteiger partial charge < -0.3 is 10.1 Å². The molecule has 18 heavy (non-hydrogen) atoms. The highest BCUT2D eigenvalue weighted by Crippen LogP contribution is 2.20. The fourth-order valence-electron chi connectivity index (χ4n) is 2.06. The zero-order valence-corrected chi connectivity index (χ0v) is 12.4. The number of ether oxygens (including phenoxy) is 1. The Morgan fingerprint density at radius 2 is 2.00 bits per heavy atom. The minimum Gasteiger partial charge on any atom is -0.378 e. The monoisotopic (exact) mass is 275 g/mol.